The van der Waals surface area contributed by atoms with Crippen molar-refractivity contribution >= 4 is 34.2 Å². The molecule has 6 heteroatoms. The minimum Gasteiger partial charge on any atom is -0.481 e. The summed E-state index contributed by atoms with van der Waals surface area (Å²) in [6, 6.07) is 13.6. The third kappa shape index (κ3) is 3.22. The smallest absolute Gasteiger partial charge is 0.305 e. The Morgan fingerprint density at radius 3 is 2.71 bits per heavy atom. The van der Waals surface area contributed by atoms with Gasteiger partial charge in [-0.15, -0.1) is 0 Å². The Morgan fingerprint density at radius 2 is 1.92 bits per heavy atom. The molecule has 1 unspecified atom stereocenters. The zero-order valence-electron chi connectivity index (χ0n) is 13.1. The second-order valence-electron chi connectivity index (χ2n) is 5.84. The van der Waals surface area contributed by atoms with Gasteiger partial charge in [-0.3, -0.25) is 14.4 Å². The van der Waals surface area contributed by atoms with Crippen LogP contribution < -0.4 is 10.2 Å². The summed E-state index contributed by atoms with van der Waals surface area (Å²) >= 11 is 0. The highest BCUT2D eigenvalue weighted by Crippen LogP contribution is 2.31. The van der Waals surface area contributed by atoms with Crippen molar-refractivity contribution in [1.82, 2.24) is 5.32 Å². The van der Waals surface area contributed by atoms with Gasteiger partial charge in [0.1, 0.15) is 0 Å². The van der Waals surface area contributed by atoms with Crippen LogP contribution in [-0.4, -0.2) is 36.0 Å². The molecule has 0 aromatic heterocycles. The number of aliphatic carboxylic acids is 1. The predicted molar refractivity (Wildman–Crippen MR) is 89.7 cm³/mol. The number of nitrogens with zero attached hydrogens (tertiary/aromatic N) is 1. The second kappa shape index (κ2) is 6.70. The molecular formula is C18H18N2O4. The number of amides is 2. The fourth-order valence-electron chi connectivity index (χ4n) is 3.00. The molecular weight excluding hydrogens is 308 g/mol. The van der Waals surface area contributed by atoms with Gasteiger partial charge in [0.05, 0.1) is 18.0 Å². The van der Waals surface area contributed by atoms with Gasteiger partial charge in [0.25, 0.3) is 0 Å². The molecule has 1 aliphatic heterocycles. The second-order valence-corrected chi connectivity index (χ2v) is 5.84. The highest BCUT2D eigenvalue weighted by molar-refractivity contribution is 6.06. The molecule has 1 heterocycles. The first-order chi connectivity index (χ1) is 11.6. The number of fused-ring (bicyclic) bond motifs is 1. The number of benzene rings is 2. The third-order valence-electron chi connectivity index (χ3n) is 4.19. The fraction of sp³-hybridized carbons (Fsp3) is 0.278. The van der Waals surface area contributed by atoms with Gasteiger partial charge in [-0.05, 0) is 11.5 Å². The lowest BCUT2D eigenvalue weighted by Gasteiger charge is -2.19. The van der Waals surface area contributed by atoms with Crippen molar-refractivity contribution in [2.45, 2.75) is 12.8 Å². The first-order valence-corrected chi connectivity index (χ1v) is 7.84. The SMILES string of the molecule is O=C(O)CCNC(=O)C1CC(=O)N(c2cccc3ccccc23)C1. The van der Waals surface area contributed by atoms with Crippen molar-refractivity contribution in [2.24, 2.45) is 5.92 Å². The lowest BCUT2D eigenvalue weighted by atomic mass is 10.1. The first-order valence-electron chi connectivity index (χ1n) is 7.84. The van der Waals surface area contributed by atoms with Gasteiger partial charge in [0, 0.05) is 24.9 Å². The van der Waals surface area contributed by atoms with Crippen LogP contribution in [0, 0.1) is 5.92 Å². The molecule has 2 aromatic carbocycles. The van der Waals surface area contributed by atoms with Gasteiger partial charge in [-0.1, -0.05) is 36.4 Å². The molecule has 0 bridgehead atoms. The summed E-state index contributed by atoms with van der Waals surface area (Å²) in [7, 11) is 0. The Morgan fingerprint density at radius 1 is 1.17 bits per heavy atom. The van der Waals surface area contributed by atoms with Gasteiger partial charge in [-0.2, -0.15) is 0 Å². The van der Waals surface area contributed by atoms with Crippen LogP contribution >= 0.6 is 0 Å². The molecule has 1 saturated heterocycles. The Balaban J connectivity index is 1.75. The number of carboxylic acids is 1. The van der Waals surface area contributed by atoms with Crippen LogP contribution in [0.3, 0.4) is 0 Å². The number of rotatable bonds is 5. The zero-order chi connectivity index (χ0) is 17.1. The van der Waals surface area contributed by atoms with E-state index >= 15 is 0 Å². The van der Waals surface area contributed by atoms with Gasteiger partial charge in [0.15, 0.2) is 0 Å². The average molecular weight is 326 g/mol. The van der Waals surface area contributed by atoms with Crippen molar-refractivity contribution in [1.29, 1.82) is 0 Å². The van der Waals surface area contributed by atoms with Crippen LogP contribution in [0.1, 0.15) is 12.8 Å². The number of anilines is 1. The molecule has 0 saturated carbocycles. The van der Waals surface area contributed by atoms with E-state index in [9.17, 15) is 14.4 Å². The van der Waals surface area contributed by atoms with Crippen LogP contribution in [0.5, 0.6) is 0 Å². The van der Waals surface area contributed by atoms with Crippen LogP contribution in [0.2, 0.25) is 0 Å². The quantitative estimate of drug-likeness (QED) is 0.877. The van der Waals surface area contributed by atoms with Gasteiger partial charge in [0.2, 0.25) is 11.8 Å². The Hall–Kier alpha value is -2.89. The normalized spacial score (nSPS) is 17.2. The topological polar surface area (TPSA) is 86.7 Å². The zero-order valence-corrected chi connectivity index (χ0v) is 13.1. The van der Waals surface area contributed by atoms with E-state index in [-0.39, 0.29) is 31.2 Å². The lowest BCUT2D eigenvalue weighted by Crippen LogP contribution is -2.34. The van der Waals surface area contributed by atoms with E-state index in [1.165, 1.54) is 0 Å². The van der Waals surface area contributed by atoms with E-state index in [0.717, 1.165) is 16.5 Å². The maximum atomic E-state index is 12.4. The molecule has 2 aromatic rings. The minimum absolute atomic E-state index is 0.0765. The Kier molecular flexibility index (Phi) is 4.46. The number of hydrogen-bond acceptors (Lipinski definition) is 3. The van der Waals surface area contributed by atoms with Gasteiger partial charge >= 0.3 is 5.97 Å². The molecule has 3 rings (SSSR count). The van der Waals surface area contributed by atoms with Crippen molar-refractivity contribution in [2.75, 3.05) is 18.0 Å². The number of carboxylic acid groups (broad SMARTS) is 1. The predicted octanol–water partition coefficient (Wildman–Crippen LogP) is 1.78. The van der Waals surface area contributed by atoms with Crippen molar-refractivity contribution < 1.29 is 19.5 Å². The van der Waals surface area contributed by atoms with E-state index in [1.54, 1.807) is 4.90 Å². The first kappa shape index (κ1) is 16.0. The molecule has 6 nitrogen and oxygen atoms in total. The Bertz CT molecular complexity index is 797. The summed E-state index contributed by atoms with van der Waals surface area (Å²) in [4.78, 5) is 36.6. The number of hydrogen-bond donors (Lipinski definition) is 2. The number of nitrogens with one attached hydrogen (secondary N) is 1. The largest absolute Gasteiger partial charge is 0.481 e. The van der Waals surface area contributed by atoms with E-state index in [1.807, 2.05) is 42.5 Å². The highest BCUT2D eigenvalue weighted by Gasteiger charge is 2.35. The van der Waals surface area contributed by atoms with Crippen LogP contribution in [-0.2, 0) is 14.4 Å². The van der Waals surface area contributed by atoms with Crippen LogP contribution in [0.4, 0.5) is 5.69 Å². The summed E-state index contributed by atoms with van der Waals surface area (Å²) in [5, 5.41) is 13.2. The van der Waals surface area contributed by atoms with E-state index in [4.69, 9.17) is 5.11 Å². The molecule has 124 valence electrons. The molecule has 0 radical (unpaired) electrons. The van der Waals surface area contributed by atoms with Crippen molar-refractivity contribution in [3.63, 3.8) is 0 Å². The lowest BCUT2D eigenvalue weighted by molar-refractivity contribution is -0.137. The molecule has 1 aliphatic rings. The van der Waals surface area contributed by atoms with Crippen LogP contribution in [0.15, 0.2) is 42.5 Å². The van der Waals surface area contributed by atoms with Gasteiger partial charge < -0.3 is 15.3 Å². The molecule has 1 atom stereocenters. The highest BCUT2D eigenvalue weighted by atomic mass is 16.4. The van der Waals surface area contributed by atoms with Crippen molar-refractivity contribution in [3.8, 4) is 0 Å². The third-order valence-corrected chi connectivity index (χ3v) is 4.19. The standard InChI is InChI=1S/C18H18N2O4/c21-16-10-13(18(24)19-9-8-17(22)23)11-20(16)15-7-3-5-12-4-1-2-6-14(12)15/h1-7,13H,8-11H2,(H,19,24)(H,22,23). The van der Waals surface area contributed by atoms with Crippen molar-refractivity contribution in [3.05, 3.63) is 42.5 Å². The van der Waals surface area contributed by atoms with E-state index < -0.39 is 11.9 Å². The fourth-order valence-corrected chi connectivity index (χ4v) is 3.00. The van der Waals surface area contributed by atoms with Gasteiger partial charge in [-0.25, -0.2) is 0 Å². The maximum Gasteiger partial charge on any atom is 0.305 e. The Labute approximate surface area is 139 Å². The minimum atomic E-state index is -0.963. The molecule has 2 N–H and O–H groups in total. The number of carbonyl (C=O) groups excluding carboxylic acids is 2. The summed E-state index contributed by atoms with van der Waals surface area (Å²) in [5.74, 6) is -1.78. The molecule has 2 amide bonds. The monoisotopic (exact) mass is 326 g/mol. The molecule has 0 spiro atoms. The van der Waals surface area contributed by atoms with E-state index in [0.29, 0.717) is 6.54 Å². The number of carbonyl (C=O) groups is 3. The molecule has 0 aliphatic carbocycles. The summed E-state index contributed by atoms with van der Waals surface area (Å²) in [5.41, 5.74) is 0.805. The summed E-state index contributed by atoms with van der Waals surface area (Å²) in [6.45, 7) is 0.388. The van der Waals surface area contributed by atoms with E-state index in [2.05, 4.69) is 5.32 Å². The molecule has 24 heavy (non-hydrogen) atoms. The summed E-state index contributed by atoms with van der Waals surface area (Å²) in [6.07, 6.45) is 0.0154. The molecule has 1 fully saturated rings. The summed E-state index contributed by atoms with van der Waals surface area (Å²) < 4.78 is 0. The average Bonchev–Trinajstić information content (AvgIpc) is 2.95. The van der Waals surface area contributed by atoms with Crippen LogP contribution in [0.25, 0.3) is 10.8 Å². The maximum absolute atomic E-state index is 12.4.